The van der Waals surface area contributed by atoms with Crippen LogP contribution in [0.15, 0.2) is 36.4 Å². The number of hydrogen-bond acceptors (Lipinski definition) is 5. The molecule has 2 rings (SSSR count). The minimum atomic E-state index is -1.21. The number of carboxylic acid groups (broad SMARTS) is 2. The summed E-state index contributed by atoms with van der Waals surface area (Å²) in [6.45, 7) is 3.80. The van der Waals surface area contributed by atoms with Crippen molar-refractivity contribution in [3.8, 4) is 0 Å². The maximum absolute atomic E-state index is 11.9. The van der Waals surface area contributed by atoms with Gasteiger partial charge in [-0.2, -0.15) is 0 Å². The van der Waals surface area contributed by atoms with Crippen molar-refractivity contribution in [1.29, 1.82) is 0 Å². The Morgan fingerprint density at radius 3 is 2.30 bits per heavy atom. The average Bonchev–Trinajstić information content (AvgIpc) is 2.70. The highest BCUT2D eigenvalue weighted by Gasteiger charge is 2.23. The van der Waals surface area contributed by atoms with Crippen molar-refractivity contribution in [3.05, 3.63) is 69.8 Å². The number of benzene rings is 2. The first-order valence-corrected chi connectivity index (χ1v) is 9.74. The summed E-state index contributed by atoms with van der Waals surface area (Å²) < 4.78 is 10.7. The molecule has 0 bridgehead atoms. The molecule has 0 saturated carbocycles. The molecule has 2 N–H and O–H groups in total. The van der Waals surface area contributed by atoms with Gasteiger partial charge in [0.1, 0.15) is 0 Å². The van der Waals surface area contributed by atoms with Gasteiger partial charge in [0.05, 0.1) is 30.9 Å². The lowest BCUT2D eigenvalue weighted by Crippen LogP contribution is -2.15. The van der Waals surface area contributed by atoms with Crippen molar-refractivity contribution < 1.29 is 34.1 Å². The van der Waals surface area contributed by atoms with E-state index >= 15 is 0 Å². The summed E-state index contributed by atoms with van der Waals surface area (Å²) in [6.07, 6.45) is 0.909. The summed E-state index contributed by atoms with van der Waals surface area (Å²) >= 11 is 0. The largest absolute Gasteiger partial charge is 0.478 e. The van der Waals surface area contributed by atoms with Gasteiger partial charge in [0.25, 0.3) is 0 Å². The number of carbonyl (C=O) groups is 3. The smallest absolute Gasteiger partial charge is 0.336 e. The first kappa shape index (κ1) is 23.1. The first-order valence-electron chi connectivity index (χ1n) is 9.74. The SMILES string of the molecule is CCOC(=O)CCCc1cc(C(=O)O)c(C)c(C(=O)O)c1COCc1ccccc1. The Morgan fingerprint density at radius 1 is 1.00 bits per heavy atom. The lowest BCUT2D eigenvalue weighted by Gasteiger charge is -2.17. The molecule has 0 unspecified atom stereocenters. The zero-order valence-electron chi connectivity index (χ0n) is 17.1. The van der Waals surface area contributed by atoms with Gasteiger partial charge >= 0.3 is 17.9 Å². The van der Waals surface area contributed by atoms with Crippen molar-refractivity contribution in [3.63, 3.8) is 0 Å². The van der Waals surface area contributed by atoms with Crippen molar-refractivity contribution in [2.45, 2.75) is 46.3 Å². The predicted molar refractivity (Wildman–Crippen MR) is 110 cm³/mol. The number of aromatic carboxylic acids is 2. The zero-order chi connectivity index (χ0) is 22.1. The monoisotopic (exact) mass is 414 g/mol. The van der Waals surface area contributed by atoms with Gasteiger partial charge in [-0.1, -0.05) is 30.3 Å². The Morgan fingerprint density at radius 2 is 1.70 bits per heavy atom. The molecule has 0 saturated heterocycles. The van der Waals surface area contributed by atoms with E-state index in [1.807, 2.05) is 30.3 Å². The van der Waals surface area contributed by atoms with E-state index in [0.717, 1.165) is 5.56 Å². The van der Waals surface area contributed by atoms with Crippen LogP contribution in [0, 0.1) is 6.92 Å². The van der Waals surface area contributed by atoms with Crippen LogP contribution in [0.5, 0.6) is 0 Å². The molecule has 2 aromatic rings. The van der Waals surface area contributed by atoms with E-state index in [4.69, 9.17) is 9.47 Å². The number of hydrogen-bond donors (Lipinski definition) is 2. The van der Waals surface area contributed by atoms with Gasteiger partial charge in [0, 0.05) is 6.42 Å². The zero-order valence-corrected chi connectivity index (χ0v) is 17.1. The number of esters is 1. The van der Waals surface area contributed by atoms with Gasteiger partial charge in [0.2, 0.25) is 0 Å². The van der Waals surface area contributed by atoms with Crippen LogP contribution in [0.3, 0.4) is 0 Å². The third kappa shape index (κ3) is 6.15. The third-order valence-electron chi connectivity index (χ3n) is 4.72. The van der Waals surface area contributed by atoms with Crippen molar-refractivity contribution in [2.75, 3.05) is 6.61 Å². The molecular formula is C23H26O7. The fourth-order valence-corrected chi connectivity index (χ4v) is 3.29. The summed E-state index contributed by atoms with van der Waals surface area (Å²) in [5.74, 6) is -2.75. The van der Waals surface area contributed by atoms with E-state index in [0.29, 0.717) is 30.6 Å². The molecule has 0 fully saturated rings. The molecule has 0 amide bonds. The number of ether oxygens (including phenoxy) is 2. The van der Waals surface area contributed by atoms with Crippen LogP contribution in [0.4, 0.5) is 0 Å². The quantitative estimate of drug-likeness (QED) is 0.535. The second-order valence-corrected chi connectivity index (χ2v) is 6.81. The van der Waals surface area contributed by atoms with Crippen LogP contribution in [0.2, 0.25) is 0 Å². The number of rotatable bonds is 11. The molecule has 0 atom stereocenters. The van der Waals surface area contributed by atoms with E-state index in [1.54, 1.807) is 6.92 Å². The van der Waals surface area contributed by atoms with E-state index < -0.39 is 11.9 Å². The van der Waals surface area contributed by atoms with Crippen molar-refractivity contribution in [1.82, 2.24) is 0 Å². The molecule has 0 radical (unpaired) electrons. The molecule has 0 aliphatic rings. The van der Waals surface area contributed by atoms with E-state index in [1.165, 1.54) is 13.0 Å². The summed E-state index contributed by atoms with van der Waals surface area (Å²) in [5, 5.41) is 19.3. The summed E-state index contributed by atoms with van der Waals surface area (Å²) in [6, 6.07) is 10.9. The normalized spacial score (nSPS) is 10.6. The first-order chi connectivity index (χ1) is 14.3. The molecule has 30 heavy (non-hydrogen) atoms. The molecular weight excluding hydrogens is 388 g/mol. The molecule has 0 spiro atoms. The van der Waals surface area contributed by atoms with Crippen LogP contribution in [-0.4, -0.2) is 34.7 Å². The second kappa shape index (κ2) is 11.1. The van der Waals surface area contributed by atoms with E-state index in [-0.39, 0.29) is 42.3 Å². The lowest BCUT2D eigenvalue weighted by atomic mass is 9.90. The van der Waals surface area contributed by atoms with Crippen LogP contribution >= 0.6 is 0 Å². The molecule has 7 nitrogen and oxygen atoms in total. The highest BCUT2D eigenvalue weighted by atomic mass is 16.5. The highest BCUT2D eigenvalue weighted by molar-refractivity contribution is 5.98. The third-order valence-corrected chi connectivity index (χ3v) is 4.72. The molecule has 7 heteroatoms. The number of carboxylic acids is 2. The summed E-state index contributed by atoms with van der Waals surface area (Å²) in [5.41, 5.74) is 1.98. The van der Waals surface area contributed by atoms with Crippen molar-refractivity contribution in [2.24, 2.45) is 0 Å². The Labute approximate surface area is 175 Å². The Hall–Kier alpha value is -3.19. The minimum Gasteiger partial charge on any atom is -0.478 e. The van der Waals surface area contributed by atoms with Crippen molar-refractivity contribution >= 4 is 17.9 Å². The predicted octanol–water partition coefficient (Wildman–Crippen LogP) is 3.99. The molecule has 0 aliphatic carbocycles. The second-order valence-electron chi connectivity index (χ2n) is 6.81. The van der Waals surface area contributed by atoms with Crippen LogP contribution < -0.4 is 0 Å². The van der Waals surface area contributed by atoms with Gasteiger partial charge in [0.15, 0.2) is 0 Å². The lowest BCUT2D eigenvalue weighted by molar-refractivity contribution is -0.143. The molecule has 2 aromatic carbocycles. The molecule has 0 aromatic heterocycles. The molecule has 0 heterocycles. The fourth-order valence-electron chi connectivity index (χ4n) is 3.29. The van der Waals surface area contributed by atoms with Crippen LogP contribution in [-0.2, 0) is 33.9 Å². The van der Waals surface area contributed by atoms with Gasteiger partial charge in [-0.05, 0) is 55.0 Å². The summed E-state index contributed by atoms with van der Waals surface area (Å²) in [4.78, 5) is 35.2. The Balaban J connectivity index is 2.31. The maximum atomic E-state index is 11.9. The van der Waals surface area contributed by atoms with Gasteiger partial charge in [-0.15, -0.1) is 0 Å². The Bertz CT molecular complexity index is 904. The number of aryl methyl sites for hydroxylation is 1. The highest BCUT2D eigenvalue weighted by Crippen LogP contribution is 2.26. The maximum Gasteiger partial charge on any atom is 0.336 e. The fraction of sp³-hybridized carbons (Fsp3) is 0.348. The number of carbonyl (C=O) groups excluding carboxylic acids is 1. The molecule has 160 valence electrons. The summed E-state index contributed by atoms with van der Waals surface area (Å²) in [7, 11) is 0. The van der Waals surface area contributed by atoms with Crippen LogP contribution in [0.25, 0.3) is 0 Å². The molecule has 0 aliphatic heterocycles. The average molecular weight is 414 g/mol. The Kier molecular flexibility index (Phi) is 8.55. The van der Waals surface area contributed by atoms with Gasteiger partial charge in [-0.3, -0.25) is 4.79 Å². The standard InChI is InChI=1S/C23H26O7/c1-3-30-20(24)11-7-10-17-12-18(22(25)26)15(2)21(23(27)28)19(17)14-29-13-16-8-5-4-6-9-16/h4-6,8-9,12H,3,7,10-11,13-14H2,1-2H3,(H,25,26)(H,27,28). The van der Waals surface area contributed by atoms with E-state index in [2.05, 4.69) is 0 Å². The minimum absolute atomic E-state index is 0.0198. The van der Waals surface area contributed by atoms with Gasteiger partial charge < -0.3 is 19.7 Å². The van der Waals surface area contributed by atoms with Crippen LogP contribution in [0.1, 0.15) is 62.7 Å². The van der Waals surface area contributed by atoms with Gasteiger partial charge in [-0.25, -0.2) is 9.59 Å². The topological polar surface area (TPSA) is 110 Å². The van der Waals surface area contributed by atoms with E-state index in [9.17, 15) is 24.6 Å².